The van der Waals surface area contributed by atoms with Crippen molar-refractivity contribution in [1.82, 2.24) is 5.32 Å². The summed E-state index contributed by atoms with van der Waals surface area (Å²) in [6.07, 6.45) is -2.42. The zero-order valence-electron chi connectivity index (χ0n) is 15.9. The van der Waals surface area contributed by atoms with Crippen LogP contribution in [0, 0.1) is 0 Å². The van der Waals surface area contributed by atoms with Crippen molar-refractivity contribution in [1.29, 1.82) is 0 Å². The minimum absolute atomic E-state index is 0.149. The van der Waals surface area contributed by atoms with Crippen LogP contribution >= 0.6 is 11.6 Å². The molecule has 0 heterocycles. The van der Waals surface area contributed by atoms with Gasteiger partial charge in [0.15, 0.2) is 0 Å². The molecule has 2 unspecified atom stereocenters. The molecule has 0 aromatic heterocycles. The third-order valence-electron chi connectivity index (χ3n) is 4.14. The van der Waals surface area contributed by atoms with E-state index in [1.54, 1.807) is 24.3 Å². The highest BCUT2D eigenvalue weighted by Gasteiger charge is 2.18. The molecule has 0 spiro atoms. The fourth-order valence-electron chi connectivity index (χ4n) is 2.55. The van der Waals surface area contributed by atoms with Gasteiger partial charge < -0.3 is 25.6 Å². The second-order valence-electron chi connectivity index (χ2n) is 6.40. The average molecular weight is 421 g/mol. The van der Waals surface area contributed by atoms with Gasteiger partial charge in [0.1, 0.15) is 12.7 Å². The SMILES string of the molecule is O=C(CCCl)Nc1ccc(C(O)C(O)CCNC(=O)OCc2ccccc2)cc1. The molecule has 4 N–H and O–H groups in total. The summed E-state index contributed by atoms with van der Waals surface area (Å²) >= 11 is 5.52. The van der Waals surface area contributed by atoms with Crippen LogP contribution in [-0.4, -0.2) is 40.7 Å². The van der Waals surface area contributed by atoms with Crippen molar-refractivity contribution in [2.75, 3.05) is 17.7 Å². The summed E-state index contributed by atoms with van der Waals surface area (Å²) in [6, 6.07) is 15.8. The van der Waals surface area contributed by atoms with Gasteiger partial charge in [0, 0.05) is 24.5 Å². The number of carbonyl (C=O) groups excluding carboxylic acids is 2. The minimum atomic E-state index is -1.12. The van der Waals surface area contributed by atoms with Crippen LogP contribution in [0.4, 0.5) is 10.5 Å². The summed E-state index contributed by atoms with van der Waals surface area (Å²) in [5.74, 6) is 0.0430. The summed E-state index contributed by atoms with van der Waals surface area (Å²) < 4.78 is 5.08. The van der Waals surface area contributed by atoms with Crippen molar-refractivity contribution in [2.24, 2.45) is 0 Å². The number of amides is 2. The molecule has 0 saturated carbocycles. The Morgan fingerprint density at radius 1 is 1.03 bits per heavy atom. The predicted molar refractivity (Wildman–Crippen MR) is 111 cm³/mol. The number of nitrogens with one attached hydrogen (secondary N) is 2. The molecule has 2 aromatic carbocycles. The number of anilines is 1. The molecule has 0 saturated heterocycles. The van der Waals surface area contributed by atoms with E-state index in [4.69, 9.17) is 16.3 Å². The number of aliphatic hydroxyl groups excluding tert-OH is 2. The molecule has 156 valence electrons. The molecule has 2 atom stereocenters. The standard InChI is InChI=1S/C21H25ClN2O5/c22-12-10-19(26)24-17-8-6-16(7-9-17)20(27)18(25)11-13-23-21(28)29-14-15-4-2-1-3-5-15/h1-9,18,20,25,27H,10-14H2,(H,23,28)(H,24,26). The summed E-state index contributed by atoms with van der Waals surface area (Å²) in [5, 5.41) is 25.6. The number of hydrogen-bond donors (Lipinski definition) is 4. The highest BCUT2D eigenvalue weighted by atomic mass is 35.5. The zero-order chi connectivity index (χ0) is 21.1. The molecular weight excluding hydrogens is 396 g/mol. The van der Waals surface area contributed by atoms with Gasteiger partial charge in [-0.15, -0.1) is 11.6 Å². The van der Waals surface area contributed by atoms with E-state index >= 15 is 0 Å². The van der Waals surface area contributed by atoms with Gasteiger partial charge in [-0.2, -0.15) is 0 Å². The second-order valence-corrected chi connectivity index (χ2v) is 6.78. The van der Waals surface area contributed by atoms with Crippen molar-refractivity contribution in [3.05, 3.63) is 65.7 Å². The fraction of sp³-hybridized carbons (Fsp3) is 0.333. The average Bonchev–Trinajstić information content (AvgIpc) is 2.73. The van der Waals surface area contributed by atoms with E-state index in [1.165, 1.54) is 0 Å². The normalized spacial score (nSPS) is 12.7. The number of benzene rings is 2. The quantitative estimate of drug-likeness (QED) is 0.442. The Balaban J connectivity index is 1.71. The number of aliphatic hydroxyl groups is 2. The Morgan fingerprint density at radius 2 is 1.72 bits per heavy atom. The first-order chi connectivity index (χ1) is 14.0. The van der Waals surface area contributed by atoms with Crippen molar-refractivity contribution in [3.8, 4) is 0 Å². The van der Waals surface area contributed by atoms with Crippen LogP contribution in [-0.2, 0) is 16.1 Å². The Hall–Kier alpha value is -2.61. The topological polar surface area (TPSA) is 108 Å². The number of rotatable bonds is 10. The van der Waals surface area contributed by atoms with Gasteiger partial charge in [0.2, 0.25) is 5.91 Å². The summed E-state index contributed by atoms with van der Waals surface area (Å²) in [4.78, 5) is 23.2. The molecule has 2 amide bonds. The number of hydrogen-bond acceptors (Lipinski definition) is 5. The maximum absolute atomic E-state index is 11.7. The van der Waals surface area contributed by atoms with Crippen LogP contribution in [0.5, 0.6) is 0 Å². The molecule has 0 radical (unpaired) electrons. The van der Waals surface area contributed by atoms with Gasteiger partial charge in [0.05, 0.1) is 6.10 Å². The van der Waals surface area contributed by atoms with E-state index in [9.17, 15) is 19.8 Å². The Labute approximate surface area is 174 Å². The number of ether oxygens (including phenoxy) is 1. The summed E-state index contributed by atoms with van der Waals surface area (Å²) in [6.45, 7) is 0.310. The first-order valence-electron chi connectivity index (χ1n) is 9.26. The largest absolute Gasteiger partial charge is 0.445 e. The lowest BCUT2D eigenvalue weighted by molar-refractivity contribution is -0.115. The van der Waals surface area contributed by atoms with E-state index in [0.29, 0.717) is 11.3 Å². The molecule has 0 aliphatic heterocycles. The Bertz CT molecular complexity index is 770. The highest BCUT2D eigenvalue weighted by Crippen LogP contribution is 2.21. The maximum atomic E-state index is 11.7. The molecule has 0 aliphatic rings. The van der Waals surface area contributed by atoms with Crippen molar-refractivity contribution in [3.63, 3.8) is 0 Å². The maximum Gasteiger partial charge on any atom is 0.407 e. The van der Waals surface area contributed by atoms with Gasteiger partial charge >= 0.3 is 6.09 Å². The van der Waals surface area contributed by atoms with Gasteiger partial charge in [-0.1, -0.05) is 42.5 Å². The van der Waals surface area contributed by atoms with Gasteiger partial charge in [-0.3, -0.25) is 4.79 Å². The van der Waals surface area contributed by atoms with E-state index in [1.807, 2.05) is 30.3 Å². The Kier molecular flexibility index (Phi) is 9.43. The second kappa shape index (κ2) is 12.1. The number of alkyl carbamates (subject to hydrolysis) is 1. The van der Waals surface area contributed by atoms with Gasteiger partial charge in [0.25, 0.3) is 0 Å². The zero-order valence-corrected chi connectivity index (χ0v) is 16.6. The molecule has 2 rings (SSSR count). The first kappa shape index (κ1) is 22.7. The summed E-state index contributed by atoms with van der Waals surface area (Å²) in [7, 11) is 0. The Morgan fingerprint density at radius 3 is 2.38 bits per heavy atom. The smallest absolute Gasteiger partial charge is 0.407 e. The van der Waals surface area contributed by atoms with E-state index in [-0.39, 0.29) is 37.8 Å². The third kappa shape index (κ3) is 8.11. The predicted octanol–water partition coefficient (Wildman–Crippen LogP) is 2.96. The fourth-order valence-corrected chi connectivity index (χ4v) is 2.72. The van der Waals surface area contributed by atoms with Crippen LogP contribution in [0.15, 0.2) is 54.6 Å². The van der Waals surface area contributed by atoms with Gasteiger partial charge in [-0.05, 0) is 29.7 Å². The van der Waals surface area contributed by atoms with Crippen LogP contribution in [0.1, 0.15) is 30.1 Å². The third-order valence-corrected chi connectivity index (χ3v) is 4.33. The van der Waals surface area contributed by atoms with Crippen LogP contribution in [0.25, 0.3) is 0 Å². The van der Waals surface area contributed by atoms with Crippen molar-refractivity contribution >= 4 is 29.3 Å². The molecule has 8 heteroatoms. The van der Waals surface area contributed by atoms with Crippen LogP contribution in [0.3, 0.4) is 0 Å². The number of halogens is 1. The van der Waals surface area contributed by atoms with Crippen molar-refractivity contribution in [2.45, 2.75) is 31.7 Å². The molecule has 0 bridgehead atoms. The molecular formula is C21H25ClN2O5. The lowest BCUT2D eigenvalue weighted by Crippen LogP contribution is -2.29. The van der Waals surface area contributed by atoms with Crippen molar-refractivity contribution < 1.29 is 24.5 Å². The molecule has 7 nitrogen and oxygen atoms in total. The summed E-state index contributed by atoms with van der Waals surface area (Å²) in [5.41, 5.74) is 1.95. The lowest BCUT2D eigenvalue weighted by atomic mass is 10.0. The minimum Gasteiger partial charge on any atom is -0.445 e. The number of carbonyl (C=O) groups is 2. The van der Waals surface area contributed by atoms with E-state index in [0.717, 1.165) is 5.56 Å². The first-order valence-corrected chi connectivity index (χ1v) is 9.79. The molecule has 2 aromatic rings. The highest BCUT2D eigenvalue weighted by molar-refractivity contribution is 6.19. The van der Waals surface area contributed by atoms with E-state index < -0.39 is 18.3 Å². The van der Waals surface area contributed by atoms with Crippen LogP contribution in [0.2, 0.25) is 0 Å². The molecule has 29 heavy (non-hydrogen) atoms. The van der Waals surface area contributed by atoms with E-state index in [2.05, 4.69) is 10.6 Å². The molecule has 0 fully saturated rings. The molecule has 0 aliphatic carbocycles. The number of alkyl halides is 1. The lowest BCUT2D eigenvalue weighted by Gasteiger charge is -2.18. The van der Waals surface area contributed by atoms with Crippen LogP contribution < -0.4 is 10.6 Å². The van der Waals surface area contributed by atoms with Gasteiger partial charge in [-0.25, -0.2) is 4.79 Å². The monoisotopic (exact) mass is 420 g/mol.